The van der Waals surface area contributed by atoms with Crippen LogP contribution in [-0.2, 0) is 6.54 Å². The van der Waals surface area contributed by atoms with Crippen molar-refractivity contribution in [3.8, 4) is 0 Å². The summed E-state index contributed by atoms with van der Waals surface area (Å²) in [4.78, 5) is 14.8. The Morgan fingerprint density at radius 3 is 2.43 bits per heavy atom. The van der Waals surface area contributed by atoms with Crippen molar-refractivity contribution >= 4 is 24.0 Å². The largest absolute Gasteiger partial charge is 0.399 e. The number of nitrogen functional groups attached to an aromatic ring is 1. The second-order valence-corrected chi connectivity index (χ2v) is 6.09. The van der Waals surface area contributed by atoms with Crippen LogP contribution in [0.3, 0.4) is 0 Å². The first-order valence-corrected chi connectivity index (χ1v) is 7.91. The Morgan fingerprint density at radius 2 is 1.83 bits per heavy atom. The summed E-state index contributed by atoms with van der Waals surface area (Å²) in [6.45, 7) is 1.49. The lowest BCUT2D eigenvalue weighted by Crippen LogP contribution is -2.37. The Balaban J connectivity index is 0.00000192. The van der Waals surface area contributed by atoms with E-state index in [0.29, 0.717) is 23.7 Å². The minimum atomic E-state index is 0. The lowest BCUT2D eigenvalue weighted by atomic mass is 9.85. The highest BCUT2D eigenvalue weighted by molar-refractivity contribution is 5.95. The van der Waals surface area contributed by atoms with Gasteiger partial charge in [0.1, 0.15) is 0 Å². The van der Waals surface area contributed by atoms with Crippen LogP contribution in [0.25, 0.3) is 0 Å². The zero-order chi connectivity index (χ0) is 15.4. The van der Waals surface area contributed by atoms with Gasteiger partial charge in [0.15, 0.2) is 0 Å². The lowest BCUT2D eigenvalue weighted by Gasteiger charge is -2.32. The van der Waals surface area contributed by atoms with Gasteiger partial charge in [-0.2, -0.15) is 0 Å². The number of nitrogens with zero attached hydrogens (tertiary/aromatic N) is 1. The highest BCUT2D eigenvalue weighted by atomic mass is 35.5. The maximum Gasteiger partial charge on any atom is 0.254 e. The molecule has 1 aliphatic rings. The number of hydrogen-bond donors (Lipinski definition) is 1. The molecule has 0 atom stereocenters. The first-order chi connectivity index (χ1) is 10.7. The van der Waals surface area contributed by atoms with Gasteiger partial charge in [-0.05, 0) is 42.5 Å². The van der Waals surface area contributed by atoms with Gasteiger partial charge < -0.3 is 10.6 Å². The Labute approximate surface area is 143 Å². The molecule has 1 amide bonds. The predicted octanol–water partition coefficient (Wildman–Crippen LogP) is 4.13. The van der Waals surface area contributed by atoms with Gasteiger partial charge in [0, 0.05) is 24.3 Å². The maximum atomic E-state index is 12.8. The quantitative estimate of drug-likeness (QED) is 0.838. The van der Waals surface area contributed by atoms with Gasteiger partial charge in [0.2, 0.25) is 0 Å². The van der Waals surface area contributed by atoms with Crippen LogP contribution in [0.4, 0.5) is 5.69 Å². The van der Waals surface area contributed by atoms with Crippen LogP contribution >= 0.6 is 12.4 Å². The van der Waals surface area contributed by atoms with Crippen molar-refractivity contribution in [2.45, 2.75) is 25.8 Å². The minimum absolute atomic E-state index is 0. The van der Waals surface area contributed by atoms with E-state index in [2.05, 4.69) is 12.1 Å². The van der Waals surface area contributed by atoms with Crippen molar-refractivity contribution in [1.82, 2.24) is 4.90 Å². The second kappa shape index (κ2) is 8.02. The Morgan fingerprint density at radius 1 is 1.09 bits per heavy atom. The highest BCUT2D eigenvalue weighted by Crippen LogP contribution is 2.28. The molecule has 0 heterocycles. The first-order valence-electron chi connectivity index (χ1n) is 7.91. The maximum absolute atomic E-state index is 12.8. The zero-order valence-electron chi connectivity index (χ0n) is 13.2. The molecule has 1 aliphatic carbocycles. The summed E-state index contributed by atoms with van der Waals surface area (Å²) in [7, 11) is 0. The Kier molecular flexibility index (Phi) is 6.05. The van der Waals surface area contributed by atoms with Crippen LogP contribution in [0.1, 0.15) is 35.2 Å². The van der Waals surface area contributed by atoms with Crippen LogP contribution < -0.4 is 5.73 Å². The molecule has 0 bridgehead atoms. The number of nitrogens with two attached hydrogens (primary N) is 1. The normalized spacial score (nSPS) is 13.7. The molecule has 2 aromatic rings. The summed E-state index contributed by atoms with van der Waals surface area (Å²) in [6, 6.07) is 17.4. The van der Waals surface area contributed by atoms with Gasteiger partial charge in [0.25, 0.3) is 5.91 Å². The van der Waals surface area contributed by atoms with Gasteiger partial charge in [-0.3, -0.25) is 4.79 Å². The highest BCUT2D eigenvalue weighted by Gasteiger charge is 2.24. The summed E-state index contributed by atoms with van der Waals surface area (Å²) >= 11 is 0. The summed E-state index contributed by atoms with van der Waals surface area (Å²) in [5.74, 6) is 0.719. The molecule has 2 aromatic carbocycles. The SMILES string of the molecule is Cl.Nc1cccc(C(=O)N(Cc2ccccc2)CC2CCC2)c1. The zero-order valence-corrected chi connectivity index (χ0v) is 14.0. The third-order valence-electron chi connectivity index (χ3n) is 4.34. The van der Waals surface area contributed by atoms with Crippen LogP contribution in [-0.4, -0.2) is 17.4 Å². The Hall–Kier alpha value is -2.00. The fourth-order valence-corrected chi connectivity index (χ4v) is 2.86. The van der Waals surface area contributed by atoms with E-state index in [1.54, 1.807) is 6.07 Å². The number of hydrogen-bond acceptors (Lipinski definition) is 2. The van der Waals surface area contributed by atoms with E-state index >= 15 is 0 Å². The molecule has 1 fully saturated rings. The fraction of sp³-hybridized carbons (Fsp3) is 0.316. The number of carbonyl (C=O) groups excluding carboxylic acids is 1. The van der Waals surface area contributed by atoms with E-state index < -0.39 is 0 Å². The van der Waals surface area contributed by atoms with Crippen molar-refractivity contribution in [2.75, 3.05) is 12.3 Å². The van der Waals surface area contributed by atoms with Crippen molar-refractivity contribution in [1.29, 1.82) is 0 Å². The molecule has 122 valence electrons. The van der Waals surface area contributed by atoms with E-state index in [0.717, 1.165) is 6.54 Å². The van der Waals surface area contributed by atoms with Crippen LogP contribution in [0.15, 0.2) is 54.6 Å². The number of carbonyl (C=O) groups is 1. The molecule has 0 spiro atoms. The average Bonchev–Trinajstić information content (AvgIpc) is 2.50. The van der Waals surface area contributed by atoms with E-state index in [-0.39, 0.29) is 18.3 Å². The summed E-state index contributed by atoms with van der Waals surface area (Å²) in [5, 5.41) is 0. The summed E-state index contributed by atoms with van der Waals surface area (Å²) in [5.41, 5.74) is 8.29. The fourth-order valence-electron chi connectivity index (χ4n) is 2.86. The molecule has 3 nitrogen and oxygen atoms in total. The van der Waals surface area contributed by atoms with E-state index in [4.69, 9.17) is 5.73 Å². The molecule has 0 aliphatic heterocycles. The third kappa shape index (κ3) is 4.49. The average molecular weight is 331 g/mol. The summed E-state index contributed by atoms with van der Waals surface area (Å²) in [6.07, 6.45) is 3.75. The van der Waals surface area contributed by atoms with Gasteiger partial charge in [-0.25, -0.2) is 0 Å². The van der Waals surface area contributed by atoms with E-state index in [9.17, 15) is 4.79 Å². The standard InChI is InChI=1S/C19H22N2O.ClH/c20-18-11-5-10-17(12-18)19(22)21(14-16-8-4-9-16)13-15-6-2-1-3-7-15;/h1-3,5-7,10-12,16H,4,8-9,13-14,20H2;1H. The molecular formula is C19H23ClN2O. The van der Waals surface area contributed by atoms with Crippen molar-refractivity contribution in [3.63, 3.8) is 0 Å². The van der Waals surface area contributed by atoms with Gasteiger partial charge in [0.05, 0.1) is 0 Å². The molecule has 0 saturated heterocycles. The predicted molar refractivity (Wildman–Crippen MR) is 96.6 cm³/mol. The van der Waals surface area contributed by atoms with Crippen molar-refractivity contribution in [2.24, 2.45) is 5.92 Å². The monoisotopic (exact) mass is 330 g/mol. The number of halogens is 1. The number of rotatable bonds is 5. The number of benzene rings is 2. The van der Waals surface area contributed by atoms with Crippen molar-refractivity contribution < 1.29 is 4.79 Å². The molecule has 3 rings (SSSR count). The number of anilines is 1. The van der Waals surface area contributed by atoms with E-state index in [1.807, 2.05) is 41.3 Å². The van der Waals surface area contributed by atoms with E-state index in [1.165, 1.54) is 24.8 Å². The van der Waals surface area contributed by atoms with Gasteiger partial charge in [-0.1, -0.05) is 42.8 Å². The first kappa shape index (κ1) is 17.4. The summed E-state index contributed by atoms with van der Waals surface area (Å²) < 4.78 is 0. The molecule has 2 N–H and O–H groups in total. The van der Waals surface area contributed by atoms with Gasteiger partial charge >= 0.3 is 0 Å². The third-order valence-corrected chi connectivity index (χ3v) is 4.34. The molecule has 4 heteroatoms. The second-order valence-electron chi connectivity index (χ2n) is 6.09. The van der Waals surface area contributed by atoms with Gasteiger partial charge in [-0.15, -0.1) is 12.4 Å². The molecular weight excluding hydrogens is 308 g/mol. The lowest BCUT2D eigenvalue weighted by molar-refractivity contribution is 0.0679. The molecule has 0 radical (unpaired) electrons. The molecule has 0 unspecified atom stereocenters. The van der Waals surface area contributed by atoms with Crippen LogP contribution in [0.2, 0.25) is 0 Å². The smallest absolute Gasteiger partial charge is 0.254 e. The number of amides is 1. The minimum Gasteiger partial charge on any atom is -0.399 e. The van der Waals surface area contributed by atoms with Crippen LogP contribution in [0, 0.1) is 5.92 Å². The van der Waals surface area contributed by atoms with Crippen LogP contribution in [0.5, 0.6) is 0 Å². The van der Waals surface area contributed by atoms with Crippen molar-refractivity contribution in [3.05, 3.63) is 65.7 Å². The topological polar surface area (TPSA) is 46.3 Å². The molecule has 0 aromatic heterocycles. The Bertz CT molecular complexity index is 641. The molecule has 1 saturated carbocycles. The molecule has 23 heavy (non-hydrogen) atoms.